The molecule has 4 rings (SSSR count). The fraction of sp³-hybridized carbons (Fsp3) is 0.529. The zero-order valence-corrected chi connectivity index (χ0v) is 12.7. The lowest BCUT2D eigenvalue weighted by atomic mass is 9.67. The zero-order valence-electron chi connectivity index (χ0n) is 12.7. The Morgan fingerprint density at radius 3 is 2.82 bits per heavy atom. The van der Waals surface area contributed by atoms with E-state index in [2.05, 4.69) is 17.0 Å². The van der Waals surface area contributed by atoms with E-state index in [0.29, 0.717) is 5.92 Å². The van der Waals surface area contributed by atoms with Crippen LogP contribution in [-0.2, 0) is 17.7 Å². The van der Waals surface area contributed by atoms with Crippen molar-refractivity contribution in [1.82, 2.24) is 14.8 Å². The van der Waals surface area contributed by atoms with Crippen LogP contribution in [0.3, 0.4) is 0 Å². The highest BCUT2D eigenvalue weighted by Gasteiger charge is 2.65. The third kappa shape index (κ3) is 1.99. The van der Waals surface area contributed by atoms with Crippen molar-refractivity contribution in [3.8, 4) is 0 Å². The van der Waals surface area contributed by atoms with E-state index in [1.54, 1.807) is 12.7 Å². The van der Waals surface area contributed by atoms with Gasteiger partial charge in [0.05, 0.1) is 18.8 Å². The second kappa shape index (κ2) is 4.88. The maximum absolute atomic E-state index is 13.1. The van der Waals surface area contributed by atoms with Crippen molar-refractivity contribution in [3.05, 3.63) is 48.3 Å². The van der Waals surface area contributed by atoms with Gasteiger partial charge in [-0.05, 0) is 42.9 Å². The van der Waals surface area contributed by atoms with Crippen molar-refractivity contribution >= 4 is 0 Å². The van der Waals surface area contributed by atoms with Gasteiger partial charge in [0, 0.05) is 5.41 Å². The molecule has 22 heavy (non-hydrogen) atoms. The molecule has 0 N–H and O–H groups in total. The molecule has 2 aromatic rings. The van der Waals surface area contributed by atoms with Crippen LogP contribution in [0.4, 0.5) is 4.39 Å². The first-order valence-corrected chi connectivity index (χ1v) is 7.82. The highest BCUT2D eigenvalue weighted by molar-refractivity contribution is 5.21. The Labute approximate surface area is 129 Å². The lowest BCUT2D eigenvalue weighted by Gasteiger charge is -2.56. The normalized spacial score (nSPS) is 33.5. The summed E-state index contributed by atoms with van der Waals surface area (Å²) in [4.78, 5) is 4.04. The number of rotatable bonds is 4. The smallest absolute Gasteiger partial charge is 0.137 e. The summed E-state index contributed by atoms with van der Waals surface area (Å²) in [6.45, 7) is 3.88. The van der Waals surface area contributed by atoms with Gasteiger partial charge in [-0.2, -0.15) is 5.10 Å². The van der Waals surface area contributed by atoms with Gasteiger partial charge in [0.15, 0.2) is 0 Å². The van der Waals surface area contributed by atoms with E-state index >= 15 is 0 Å². The number of benzene rings is 1. The number of ether oxygens (including phenoxy) is 1. The second-order valence-electron chi connectivity index (χ2n) is 6.90. The number of hydrogen-bond acceptors (Lipinski definition) is 3. The van der Waals surface area contributed by atoms with Crippen LogP contribution in [0, 0.1) is 17.2 Å². The van der Waals surface area contributed by atoms with Crippen LogP contribution in [-0.4, -0.2) is 27.0 Å². The molecule has 1 aliphatic carbocycles. The zero-order chi connectivity index (χ0) is 15.2. The van der Waals surface area contributed by atoms with Gasteiger partial charge < -0.3 is 4.74 Å². The van der Waals surface area contributed by atoms with Gasteiger partial charge >= 0.3 is 0 Å². The van der Waals surface area contributed by atoms with E-state index in [-0.39, 0.29) is 16.8 Å². The molecular formula is C17H20FN3O. The van der Waals surface area contributed by atoms with Crippen LogP contribution in [0.25, 0.3) is 0 Å². The van der Waals surface area contributed by atoms with Gasteiger partial charge in [0.1, 0.15) is 18.5 Å². The number of halogens is 1. The van der Waals surface area contributed by atoms with Crippen molar-refractivity contribution < 1.29 is 9.13 Å². The van der Waals surface area contributed by atoms with Gasteiger partial charge in [-0.1, -0.05) is 19.1 Å². The molecule has 0 radical (unpaired) electrons. The Hall–Kier alpha value is -1.75. The summed E-state index contributed by atoms with van der Waals surface area (Å²) in [5, 5.41) is 4.25. The van der Waals surface area contributed by atoms with Gasteiger partial charge in [-0.3, -0.25) is 4.68 Å². The van der Waals surface area contributed by atoms with Crippen molar-refractivity contribution in [1.29, 1.82) is 0 Å². The molecule has 0 amide bonds. The Morgan fingerprint density at radius 1 is 1.36 bits per heavy atom. The minimum absolute atomic E-state index is 0.172. The first-order chi connectivity index (χ1) is 10.6. The number of aromatic nitrogens is 3. The van der Waals surface area contributed by atoms with Crippen LogP contribution < -0.4 is 0 Å². The van der Waals surface area contributed by atoms with E-state index in [9.17, 15) is 4.39 Å². The van der Waals surface area contributed by atoms with Crippen LogP contribution in [0.1, 0.15) is 25.3 Å². The minimum atomic E-state index is -0.183. The number of fused-ring (bicyclic) bond motifs is 1. The maximum Gasteiger partial charge on any atom is 0.137 e. The Morgan fingerprint density at radius 2 is 2.18 bits per heavy atom. The third-order valence-electron chi connectivity index (χ3n) is 5.63. The molecule has 3 unspecified atom stereocenters. The molecule has 1 aliphatic heterocycles. The predicted octanol–water partition coefficient (Wildman–Crippen LogP) is 2.85. The van der Waals surface area contributed by atoms with Crippen LogP contribution in [0.2, 0.25) is 0 Å². The average Bonchev–Trinajstić information content (AvgIpc) is 3.07. The summed E-state index contributed by atoms with van der Waals surface area (Å²) < 4.78 is 21.1. The lowest BCUT2D eigenvalue weighted by molar-refractivity contribution is -0.268. The van der Waals surface area contributed by atoms with Crippen molar-refractivity contribution in [2.24, 2.45) is 11.3 Å². The summed E-state index contributed by atoms with van der Waals surface area (Å²) in [6, 6.07) is 6.84. The van der Waals surface area contributed by atoms with E-state index < -0.39 is 0 Å². The van der Waals surface area contributed by atoms with Crippen molar-refractivity contribution in [2.75, 3.05) is 6.61 Å². The quantitative estimate of drug-likeness (QED) is 0.872. The summed E-state index contributed by atoms with van der Waals surface area (Å²) in [7, 11) is 0. The molecule has 1 saturated heterocycles. The molecule has 0 spiro atoms. The molecule has 2 aliphatic rings. The van der Waals surface area contributed by atoms with Gasteiger partial charge in [-0.25, -0.2) is 9.37 Å². The number of nitrogens with zero attached hydrogens (tertiary/aromatic N) is 3. The second-order valence-corrected chi connectivity index (χ2v) is 6.90. The molecule has 3 atom stereocenters. The topological polar surface area (TPSA) is 39.9 Å². The van der Waals surface area contributed by atoms with Crippen LogP contribution in [0.5, 0.6) is 0 Å². The van der Waals surface area contributed by atoms with Crippen molar-refractivity contribution in [3.63, 3.8) is 0 Å². The fourth-order valence-corrected chi connectivity index (χ4v) is 4.22. The Balaban J connectivity index is 1.59. The molecule has 4 nitrogen and oxygen atoms in total. The summed E-state index contributed by atoms with van der Waals surface area (Å²) in [5.41, 5.74) is 1.21. The minimum Gasteiger partial charge on any atom is -0.371 e. The standard InChI is InChI=1S/C17H20FN3O/c1-16-7-6-14(8-13-2-4-15(18)5-3-13)17(16,22-10-16)9-21-12-19-11-20-21/h2-5,11-12,14H,6-10H2,1H3. The molecule has 1 aromatic heterocycles. The Kier molecular flexibility index (Phi) is 3.08. The Bertz CT molecular complexity index is 657. The number of hydrogen-bond donors (Lipinski definition) is 0. The monoisotopic (exact) mass is 301 g/mol. The molecule has 0 bridgehead atoms. The van der Waals surface area contributed by atoms with Gasteiger partial charge in [0.25, 0.3) is 0 Å². The largest absolute Gasteiger partial charge is 0.371 e. The highest BCUT2D eigenvalue weighted by Crippen LogP contribution is 2.60. The SMILES string of the molecule is CC12CCC(Cc3ccc(F)cc3)C1(Cn1cncn1)OC2. The molecule has 5 heteroatoms. The van der Waals surface area contributed by atoms with Gasteiger partial charge in [-0.15, -0.1) is 0 Å². The van der Waals surface area contributed by atoms with Gasteiger partial charge in [0.2, 0.25) is 0 Å². The van der Waals surface area contributed by atoms with E-state index in [4.69, 9.17) is 4.74 Å². The summed E-state index contributed by atoms with van der Waals surface area (Å²) in [6.07, 6.45) is 6.56. The van der Waals surface area contributed by atoms with Crippen LogP contribution >= 0.6 is 0 Å². The van der Waals surface area contributed by atoms with Crippen LogP contribution in [0.15, 0.2) is 36.9 Å². The van der Waals surface area contributed by atoms with E-state index in [0.717, 1.165) is 26.0 Å². The van der Waals surface area contributed by atoms with Crippen molar-refractivity contribution in [2.45, 2.75) is 38.3 Å². The van der Waals surface area contributed by atoms with E-state index in [1.807, 2.05) is 16.8 Å². The highest BCUT2D eigenvalue weighted by atomic mass is 19.1. The first kappa shape index (κ1) is 13.9. The molecule has 1 saturated carbocycles. The third-order valence-corrected chi connectivity index (χ3v) is 5.63. The summed E-state index contributed by atoms with van der Waals surface area (Å²) >= 11 is 0. The predicted molar refractivity (Wildman–Crippen MR) is 79.6 cm³/mol. The first-order valence-electron chi connectivity index (χ1n) is 7.82. The van der Waals surface area contributed by atoms with E-state index in [1.165, 1.54) is 24.1 Å². The summed E-state index contributed by atoms with van der Waals surface area (Å²) in [5.74, 6) is 0.248. The maximum atomic E-state index is 13.1. The lowest BCUT2D eigenvalue weighted by Crippen LogP contribution is -2.63. The average molecular weight is 301 g/mol. The molecular weight excluding hydrogens is 281 g/mol. The fourth-order valence-electron chi connectivity index (χ4n) is 4.22. The molecule has 2 heterocycles. The molecule has 2 fully saturated rings. The molecule has 1 aromatic carbocycles. The molecule has 116 valence electrons.